The second kappa shape index (κ2) is 10.6. The second-order valence-corrected chi connectivity index (χ2v) is 8.48. The van der Waals surface area contributed by atoms with E-state index in [0.717, 1.165) is 11.8 Å². The van der Waals surface area contributed by atoms with Crippen LogP contribution in [0.5, 0.6) is 0 Å². The highest BCUT2D eigenvalue weighted by molar-refractivity contribution is 8.03. The Balaban J connectivity index is 1.77. The number of nitriles is 1. The summed E-state index contributed by atoms with van der Waals surface area (Å²) in [5.74, 6) is -1.67. The molecular weight excluding hydrogens is 473 g/mol. The van der Waals surface area contributed by atoms with Crippen LogP contribution < -0.4 is 10.6 Å². The van der Waals surface area contributed by atoms with E-state index in [2.05, 4.69) is 21.4 Å². The number of carbonyl (C=O) groups is 3. The average Bonchev–Trinajstić information content (AvgIpc) is 2.80. The van der Waals surface area contributed by atoms with Crippen molar-refractivity contribution in [2.45, 2.75) is 12.3 Å². The van der Waals surface area contributed by atoms with Crippen LogP contribution in [-0.2, 0) is 14.3 Å². The van der Waals surface area contributed by atoms with Gasteiger partial charge in [0.1, 0.15) is 0 Å². The molecule has 0 aromatic heterocycles. The van der Waals surface area contributed by atoms with Crippen LogP contribution in [0.3, 0.4) is 0 Å². The van der Waals surface area contributed by atoms with Crippen molar-refractivity contribution in [3.63, 3.8) is 0 Å². The van der Waals surface area contributed by atoms with Crippen LogP contribution >= 0.6 is 35.0 Å². The minimum Gasteiger partial charge on any atom is -0.465 e. The number of halogens is 2. The van der Waals surface area contributed by atoms with Crippen molar-refractivity contribution in [1.82, 2.24) is 5.32 Å². The summed E-state index contributed by atoms with van der Waals surface area (Å²) in [7, 11) is 1.29. The van der Waals surface area contributed by atoms with E-state index in [-0.39, 0.29) is 29.0 Å². The van der Waals surface area contributed by atoms with Gasteiger partial charge < -0.3 is 15.4 Å². The van der Waals surface area contributed by atoms with Crippen molar-refractivity contribution in [1.29, 1.82) is 5.26 Å². The zero-order chi connectivity index (χ0) is 23.3. The molecule has 2 amide bonds. The minimum atomic E-state index is -0.492. The van der Waals surface area contributed by atoms with E-state index in [1.807, 2.05) is 0 Å². The van der Waals surface area contributed by atoms with Crippen molar-refractivity contribution in [2.75, 3.05) is 18.2 Å². The van der Waals surface area contributed by atoms with Gasteiger partial charge in [-0.15, -0.1) is 0 Å². The molecule has 2 N–H and O–H groups in total. The lowest BCUT2D eigenvalue weighted by Crippen LogP contribution is -2.31. The van der Waals surface area contributed by atoms with Crippen LogP contribution in [0, 0.1) is 11.3 Å². The number of methoxy groups -OCH3 is 1. The topological polar surface area (TPSA) is 108 Å². The molecule has 2 aromatic carbocycles. The summed E-state index contributed by atoms with van der Waals surface area (Å²) in [5, 5.41) is 15.9. The SMILES string of the molecule is COC(=O)c1ccc([C@@H]2CC(=O)NC(SCC(=O)Nc3cccc(Cl)c3Cl)=C2C#N)cc1. The third-order valence-electron chi connectivity index (χ3n) is 4.66. The van der Waals surface area contributed by atoms with Gasteiger partial charge in [0.15, 0.2) is 0 Å². The lowest BCUT2D eigenvalue weighted by molar-refractivity contribution is -0.121. The molecule has 7 nitrogen and oxygen atoms in total. The first-order chi connectivity index (χ1) is 15.3. The number of nitrogens with one attached hydrogen (secondary N) is 2. The monoisotopic (exact) mass is 489 g/mol. The fraction of sp³-hybridized carbons (Fsp3) is 0.182. The molecule has 0 saturated heterocycles. The largest absolute Gasteiger partial charge is 0.465 e. The molecular formula is C22H17Cl2N3O4S. The van der Waals surface area contributed by atoms with E-state index in [0.29, 0.717) is 32.4 Å². The van der Waals surface area contributed by atoms with Gasteiger partial charge in [-0.05, 0) is 29.8 Å². The van der Waals surface area contributed by atoms with Gasteiger partial charge in [0.25, 0.3) is 0 Å². The number of ether oxygens (including phenoxy) is 1. The number of anilines is 1. The lowest BCUT2D eigenvalue weighted by Gasteiger charge is -2.25. The van der Waals surface area contributed by atoms with E-state index in [9.17, 15) is 19.6 Å². The Labute approximate surface area is 198 Å². The first-order valence-electron chi connectivity index (χ1n) is 9.33. The quantitative estimate of drug-likeness (QED) is 0.578. The van der Waals surface area contributed by atoms with Crippen molar-refractivity contribution in [3.8, 4) is 6.07 Å². The molecule has 0 radical (unpaired) electrons. The van der Waals surface area contributed by atoms with Gasteiger partial charge in [-0.3, -0.25) is 9.59 Å². The van der Waals surface area contributed by atoms with Crippen LogP contribution in [0.2, 0.25) is 10.0 Å². The number of carbonyl (C=O) groups excluding carboxylic acids is 3. The fourth-order valence-corrected chi connectivity index (χ4v) is 4.34. The Morgan fingerprint density at radius 1 is 1.25 bits per heavy atom. The highest BCUT2D eigenvalue weighted by Crippen LogP contribution is 2.36. The number of amides is 2. The van der Waals surface area contributed by atoms with Gasteiger partial charge in [0, 0.05) is 12.3 Å². The molecule has 0 spiro atoms. The maximum Gasteiger partial charge on any atom is 0.337 e. The molecule has 1 aliphatic rings. The maximum atomic E-state index is 12.4. The number of hydrogen-bond acceptors (Lipinski definition) is 6. The fourth-order valence-electron chi connectivity index (χ4n) is 3.11. The number of esters is 1. The van der Waals surface area contributed by atoms with Crippen LogP contribution in [0.25, 0.3) is 0 Å². The van der Waals surface area contributed by atoms with Crippen LogP contribution in [-0.4, -0.2) is 30.6 Å². The Hall–Kier alpha value is -2.99. The van der Waals surface area contributed by atoms with Gasteiger partial charge in [-0.25, -0.2) is 4.79 Å². The summed E-state index contributed by atoms with van der Waals surface area (Å²) < 4.78 is 4.69. The average molecular weight is 490 g/mol. The first kappa shape index (κ1) is 23.7. The highest BCUT2D eigenvalue weighted by Gasteiger charge is 2.30. The third kappa shape index (κ3) is 5.43. The summed E-state index contributed by atoms with van der Waals surface area (Å²) in [4.78, 5) is 36.3. The summed E-state index contributed by atoms with van der Waals surface area (Å²) in [5.41, 5.74) is 1.78. The van der Waals surface area contributed by atoms with Crippen molar-refractivity contribution >= 4 is 58.4 Å². The normalized spacial score (nSPS) is 15.6. The second-order valence-electron chi connectivity index (χ2n) is 6.71. The Morgan fingerprint density at radius 3 is 2.62 bits per heavy atom. The summed E-state index contributed by atoms with van der Waals surface area (Å²) in [6.07, 6.45) is 0.0782. The van der Waals surface area contributed by atoms with Gasteiger partial charge in [0.2, 0.25) is 11.8 Å². The standard InChI is InChI=1S/C22H17Cl2N3O4S/c1-31-22(30)13-7-5-12(6-8-13)14-9-18(28)27-21(15(14)10-25)32-11-19(29)26-17-4-2-3-16(23)20(17)24/h2-8,14H,9,11H2,1H3,(H,26,29)(H,27,28)/t14-/m0/s1. The smallest absolute Gasteiger partial charge is 0.337 e. The van der Waals surface area contributed by atoms with Crippen LogP contribution in [0.4, 0.5) is 5.69 Å². The molecule has 0 bridgehead atoms. The molecule has 1 atom stereocenters. The van der Waals surface area contributed by atoms with E-state index >= 15 is 0 Å². The predicted molar refractivity (Wildman–Crippen MR) is 123 cm³/mol. The number of hydrogen-bond donors (Lipinski definition) is 2. The molecule has 3 rings (SSSR count). The molecule has 1 heterocycles. The van der Waals surface area contributed by atoms with E-state index in [1.165, 1.54) is 7.11 Å². The molecule has 0 fully saturated rings. The molecule has 0 saturated carbocycles. The van der Waals surface area contributed by atoms with Gasteiger partial charge in [-0.2, -0.15) is 5.26 Å². The van der Waals surface area contributed by atoms with Crippen LogP contribution in [0.1, 0.15) is 28.3 Å². The summed E-state index contributed by atoms with van der Waals surface area (Å²) in [6.45, 7) is 0. The number of thioether (sulfide) groups is 1. The van der Waals surface area contributed by atoms with Gasteiger partial charge >= 0.3 is 5.97 Å². The minimum absolute atomic E-state index is 0.0579. The predicted octanol–water partition coefficient (Wildman–Crippen LogP) is 4.49. The number of nitrogens with zero attached hydrogens (tertiary/aromatic N) is 1. The van der Waals surface area contributed by atoms with E-state index < -0.39 is 11.9 Å². The summed E-state index contributed by atoms with van der Waals surface area (Å²) in [6, 6.07) is 13.6. The van der Waals surface area contributed by atoms with Crippen LogP contribution in [0.15, 0.2) is 53.1 Å². The number of rotatable bonds is 6. The third-order valence-corrected chi connectivity index (χ3v) is 6.50. The molecule has 32 heavy (non-hydrogen) atoms. The first-order valence-corrected chi connectivity index (χ1v) is 11.1. The number of benzene rings is 2. The van der Waals surface area contributed by atoms with Crippen molar-refractivity contribution in [2.24, 2.45) is 0 Å². The Morgan fingerprint density at radius 2 is 1.97 bits per heavy atom. The van der Waals surface area contributed by atoms with E-state index in [1.54, 1.807) is 42.5 Å². The molecule has 1 aliphatic heterocycles. The van der Waals surface area contributed by atoms with E-state index in [4.69, 9.17) is 23.2 Å². The van der Waals surface area contributed by atoms with Gasteiger partial charge in [0.05, 0.1) is 50.8 Å². The summed E-state index contributed by atoms with van der Waals surface area (Å²) >= 11 is 13.1. The van der Waals surface area contributed by atoms with Crippen molar-refractivity contribution in [3.05, 3.63) is 74.2 Å². The lowest BCUT2D eigenvalue weighted by atomic mass is 9.87. The molecule has 10 heteroatoms. The maximum absolute atomic E-state index is 12.4. The Kier molecular flexibility index (Phi) is 7.80. The van der Waals surface area contributed by atoms with Gasteiger partial charge in [-0.1, -0.05) is 53.2 Å². The molecule has 0 aliphatic carbocycles. The Bertz CT molecular complexity index is 1140. The highest BCUT2D eigenvalue weighted by atomic mass is 35.5. The number of allylic oxidation sites excluding steroid dienone is 1. The molecule has 2 aromatic rings. The van der Waals surface area contributed by atoms with Crippen molar-refractivity contribution < 1.29 is 19.1 Å². The zero-order valence-corrected chi connectivity index (χ0v) is 19.1. The molecule has 164 valence electrons. The molecule has 0 unspecified atom stereocenters. The zero-order valence-electron chi connectivity index (χ0n) is 16.8.